The molecule has 3 atom stereocenters. The summed E-state index contributed by atoms with van der Waals surface area (Å²) in [6, 6.07) is 2.70. The van der Waals surface area contributed by atoms with Crippen LogP contribution in [0.5, 0.6) is 0 Å². The zero-order chi connectivity index (χ0) is 21.5. The van der Waals surface area contributed by atoms with Gasteiger partial charge in [0.2, 0.25) is 0 Å². The fourth-order valence-corrected chi connectivity index (χ4v) is 5.68. The number of allylic oxidation sites excluding steroid dienone is 1. The van der Waals surface area contributed by atoms with E-state index in [9.17, 15) is 13.4 Å². The van der Waals surface area contributed by atoms with Crippen LogP contribution >= 0.6 is 11.6 Å². The van der Waals surface area contributed by atoms with Gasteiger partial charge in [-0.25, -0.2) is 13.4 Å². The van der Waals surface area contributed by atoms with Crippen LogP contribution in [0.25, 0.3) is 0 Å². The van der Waals surface area contributed by atoms with Crippen LogP contribution in [-0.2, 0) is 15.8 Å². The van der Waals surface area contributed by atoms with E-state index in [-0.39, 0.29) is 21.6 Å². The number of benzene rings is 1. The summed E-state index contributed by atoms with van der Waals surface area (Å²) in [5.74, 6) is 0.888. The van der Waals surface area contributed by atoms with Gasteiger partial charge in [-0.05, 0) is 56.2 Å². The molecule has 1 saturated carbocycles. The van der Waals surface area contributed by atoms with Crippen molar-refractivity contribution >= 4 is 34.2 Å². The van der Waals surface area contributed by atoms with Gasteiger partial charge in [0.1, 0.15) is 22.6 Å². The van der Waals surface area contributed by atoms with Crippen molar-refractivity contribution in [3.05, 3.63) is 46.3 Å². The molecule has 162 valence electrons. The minimum atomic E-state index is -1.38. The van der Waals surface area contributed by atoms with Crippen LogP contribution in [0, 0.1) is 18.7 Å². The summed E-state index contributed by atoms with van der Waals surface area (Å²) >= 11 is 6.44. The number of amidine groups is 1. The van der Waals surface area contributed by atoms with Gasteiger partial charge < -0.3 is 4.90 Å². The minimum Gasteiger partial charge on any atom is -0.348 e. The summed E-state index contributed by atoms with van der Waals surface area (Å²) in [5.41, 5.74) is 1.03. The second-order valence-electron chi connectivity index (χ2n) is 8.72. The Bertz CT molecular complexity index is 921. The topological polar surface area (TPSA) is 61.8 Å². The summed E-state index contributed by atoms with van der Waals surface area (Å²) in [7, 11) is -1.38. The maximum absolute atomic E-state index is 13.9. The molecule has 8 heteroatoms. The molecular formula is C22H27ClFN3O2S. The molecule has 4 rings (SSSR count). The van der Waals surface area contributed by atoms with Crippen LogP contribution in [0.2, 0.25) is 5.02 Å². The Morgan fingerprint density at radius 3 is 2.73 bits per heavy atom. The molecule has 2 aliphatic carbocycles. The minimum absolute atomic E-state index is 0.103. The molecule has 0 radical (unpaired) electrons. The maximum Gasteiger partial charge on any atom is 0.159 e. The number of Topliss-reactive ketones (excluding diaryl/α,β-unsaturated/α-hetero) is 1. The van der Waals surface area contributed by atoms with Crippen LogP contribution in [0.15, 0.2) is 29.4 Å². The summed E-state index contributed by atoms with van der Waals surface area (Å²) in [4.78, 5) is 17.0. The summed E-state index contributed by atoms with van der Waals surface area (Å²) < 4.78 is 26.7. The number of hydrogen-bond acceptors (Lipinski definition) is 3. The predicted octanol–water partition coefficient (Wildman–Crippen LogP) is 4.25. The second kappa shape index (κ2) is 8.42. The van der Waals surface area contributed by atoms with E-state index < -0.39 is 16.8 Å². The Morgan fingerprint density at radius 1 is 1.33 bits per heavy atom. The van der Waals surface area contributed by atoms with E-state index in [1.54, 1.807) is 6.92 Å². The molecule has 1 spiro atoms. The molecule has 1 aromatic rings. The molecule has 0 amide bonds. The molecule has 30 heavy (non-hydrogen) atoms. The molecule has 1 saturated heterocycles. The summed E-state index contributed by atoms with van der Waals surface area (Å²) in [5, 5.41) is 4.72. The standard InChI is InChI=1S/C22H27ClFN3O2S/c1-14-3-5-18(6-4-14)30(29)26-25-21(20-15(2)11-16(24)12-19(20)23)27-10-7-17(28)13-22(27)8-9-22/h3,5,11-12,14,18,26H,4,6-10,13H2,1-2H3/b25-21+. The lowest BCUT2D eigenvalue weighted by Gasteiger charge is -2.38. The van der Waals surface area contributed by atoms with Crippen molar-refractivity contribution in [3.8, 4) is 0 Å². The van der Waals surface area contributed by atoms with Gasteiger partial charge >= 0.3 is 0 Å². The highest BCUT2D eigenvalue weighted by Crippen LogP contribution is 2.48. The highest BCUT2D eigenvalue weighted by Gasteiger charge is 2.53. The summed E-state index contributed by atoms with van der Waals surface area (Å²) in [6.07, 6.45) is 8.64. The van der Waals surface area contributed by atoms with E-state index in [4.69, 9.17) is 11.6 Å². The Balaban J connectivity index is 1.68. The molecule has 3 aliphatic rings. The van der Waals surface area contributed by atoms with Gasteiger partial charge in [0, 0.05) is 30.5 Å². The molecule has 5 nitrogen and oxygen atoms in total. The summed E-state index contributed by atoms with van der Waals surface area (Å²) in [6.45, 7) is 4.46. The van der Waals surface area contributed by atoms with E-state index in [2.05, 4.69) is 27.8 Å². The van der Waals surface area contributed by atoms with Crippen molar-refractivity contribution in [2.75, 3.05) is 6.54 Å². The van der Waals surface area contributed by atoms with E-state index in [1.807, 2.05) is 6.08 Å². The Kier molecular flexibility index (Phi) is 6.04. The molecule has 0 bridgehead atoms. The molecule has 1 aromatic carbocycles. The normalized spacial score (nSPS) is 26.7. The van der Waals surface area contributed by atoms with Gasteiger partial charge in [-0.15, -0.1) is 5.10 Å². The first-order valence-corrected chi connectivity index (χ1v) is 12.1. The number of nitrogens with zero attached hydrogens (tertiary/aromatic N) is 2. The monoisotopic (exact) mass is 451 g/mol. The van der Waals surface area contributed by atoms with Crippen LogP contribution < -0.4 is 4.83 Å². The molecule has 1 N–H and O–H groups in total. The first-order valence-electron chi connectivity index (χ1n) is 10.5. The molecular weight excluding hydrogens is 425 g/mol. The molecule has 3 unspecified atom stereocenters. The van der Waals surface area contributed by atoms with Gasteiger partial charge in [-0.3, -0.25) is 4.79 Å². The van der Waals surface area contributed by atoms with E-state index >= 15 is 0 Å². The largest absolute Gasteiger partial charge is 0.348 e. The third kappa shape index (κ3) is 4.33. The highest BCUT2D eigenvalue weighted by molar-refractivity contribution is 7.83. The van der Waals surface area contributed by atoms with Crippen LogP contribution in [0.3, 0.4) is 0 Å². The smallest absolute Gasteiger partial charge is 0.159 e. The number of carbonyl (C=O) groups excluding carboxylic acids is 1. The van der Waals surface area contributed by atoms with Crippen LogP contribution in [0.4, 0.5) is 4.39 Å². The first-order chi connectivity index (χ1) is 14.3. The first kappa shape index (κ1) is 21.5. The molecule has 1 heterocycles. The van der Waals surface area contributed by atoms with E-state index in [0.717, 1.165) is 25.7 Å². The van der Waals surface area contributed by atoms with Gasteiger partial charge in [0.15, 0.2) is 5.84 Å². The quantitative estimate of drug-likeness (QED) is 0.322. The number of hydrogen-bond donors (Lipinski definition) is 1. The molecule has 2 fully saturated rings. The zero-order valence-corrected chi connectivity index (χ0v) is 18.9. The van der Waals surface area contributed by atoms with Crippen molar-refractivity contribution in [2.45, 2.75) is 63.2 Å². The number of likely N-dealkylation sites (tertiary alicyclic amines) is 1. The van der Waals surface area contributed by atoms with Gasteiger partial charge in [-0.1, -0.05) is 30.7 Å². The maximum atomic E-state index is 13.9. The lowest BCUT2D eigenvalue weighted by molar-refractivity contribution is -0.122. The number of halogens is 2. The fourth-order valence-electron chi connectivity index (χ4n) is 4.45. The van der Waals surface area contributed by atoms with E-state index in [1.165, 1.54) is 12.1 Å². The van der Waals surface area contributed by atoms with Crippen molar-refractivity contribution < 1.29 is 13.4 Å². The second-order valence-corrected chi connectivity index (χ2v) is 10.5. The van der Waals surface area contributed by atoms with Gasteiger partial charge in [-0.2, -0.15) is 0 Å². The third-order valence-corrected chi connectivity index (χ3v) is 7.86. The fraction of sp³-hybridized carbons (Fsp3) is 0.545. The number of carbonyl (C=O) groups is 1. The van der Waals surface area contributed by atoms with Crippen LogP contribution in [0.1, 0.15) is 56.6 Å². The molecule has 0 aromatic heterocycles. The number of ketones is 1. The van der Waals surface area contributed by atoms with Crippen molar-refractivity contribution in [1.29, 1.82) is 0 Å². The number of piperidine rings is 1. The highest BCUT2D eigenvalue weighted by atomic mass is 35.5. The lowest BCUT2D eigenvalue weighted by Crippen LogP contribution is -2.49. The Morgan fingerprint density at radius 2 is 2.10 bits per heavy atom. The SMILES string of the molecule is Cc1cc(F)cc(Cl)c1/C(=N\NS(=O)C1C=CC(C)CC1)N1CCC(=O)CC12CC2. The average molecular weight is 452 g/mol. The number of rotatable bonds is 4. The third-order valence-electron chi connectivity index (χ3n) is 6.35. The number of nitrogens with one attached hydrogen (secondary N) is 1. The predicted molar refractivity (Wildman–Crippen MR) is 118 cm³/mol. The van der Waals surface area contributed by atoms with E-state index in [0.29, 0.717) is 42.3 Å². The van der Waals surface area contributed by atoms with Crippen molar-refractivity contribution in [1.82, 2.24) is 9.73 Å². The van der Waals surface area contributed by atoms with Crippen molar-refractivity contribution in [3.63, 3.8) is 0 Å². The Hall–Kier alpha value is -1.73. The number of hydrazone groups is 1. The lowest BCUT2D eigenvalue weighted by atomic mass is 9.96. The zero-order valence-electron chi connectivity index (χ0n) is 17.3. The van der Waals surface area contributed by atoms with Gasteiger partial charge in [0.05, 0.1) is 10.3 Å². The van der Waals surface area contributed by atoms with Crippen molar-refractivity contribution in [2.24, 2.45) is 11.0 Å². The van der Waals surface area contributed by atoms with Gasteiger partial charge in [0.25, 0.3) is 0 Å². The molecule has 1 aliphatic heterocycles. The Labute approximate surface area is 184 Å². The number of aryl methyl sites for hydroxylation is 1. The van der Waals surface area contributed by atoms with Crippen LogP contribution in [-0.4, -0.2) is 38.1 Å². The average Bonchev–Trinajstić information content (AvgIpc) is 3.44.